The fourth-order valence-electron chi connectivity index (χ4n) is 2.83. The van der Waals surface area contributed by atoms with Crippen LogP contribution in [0.1, 0.15) is 0 Å². The first-order valence-corrected chi connectivity index (χ1v) is 8.25. The van der Waals surface area contributed by atoms with E-state index in [1.165, 1.54) is 27.3 Å². The van der Waals surface area contributed by atoms with Gasteiger partial charge in [0.05, 0.1) is 19.8 Å². The van der Waals surface area contributed by atoms with E-state index in [-0.39, 0.29) is 0 Å². The van der Waals surface area contributed by atoms with Gasteiger partial charge in [-0.1, -0.05) is 33.5 Å². The van der Waals surface area contributed by atoms with E-state index in [4.69, 9.17) is 9.47 Å². The average Bonchev–Trinajstić information content (AvgIpc) is 2.80. The summed E-state index contributed by atoms with van der Waals surface area (Å²) in [6.07, 6.45) is 0. The van der Waals surface area contributed by atoms with Crippen LogP contribution in [-0.4, -0.2) is 39.3 Å². The van der Waals surface area contributed by atoms with Crippen LogP contribution in [-0.2, 0) is 16.0 Å². The quantitative estimate of drug-likeness (QED) is 0.498. The van der Waals surface area contributed by atoms with E-state index in [0.717, 1.165) is 11.0 Å². The predicted molar refractivity (Wildman–Crippen MR) is 98.0 cm³/mol. The van der Waals surface area contributed by atoms with E-state index < -0.39 is 0 Å². The second-order valence-electron chi connectivity index (χ2n) is 5.44. The molecule has 3 nitrogen and oxygen atoms in total. The number of rotatable bonds is 6. The van der Waals surface area contributed by atoms with Crippen molar-refractivity contribution in [1.29, 1.82) is 0 Å². The van der Waals surface area contributed by atoms with Gasteiger partial charge in [0, 0.05) is 39.9 Å². The first-order chi connectivity index (χ1) is 10.7. The van der Waals surface area contributed by atoms with Crippen molar-refractivity contribution in [2.24, 2.45) is 0 Å². The lowest BCUT2D eigenvalue weighted by atomic mass is 9.94. The number of halogens is 1. The molecule has 22 heavy (non-hydrogen) atoms. The Hall–Kier alpha value is -1.30. The van der Waals surface area contributed by atoms with E-state index in [2.05, 4.69) is 64.7 Å². The maximum Gasteiger partial charge on any atom is 0.139 e. The average molecular weight is 360 g/mol. The van der Waals surface area contributed by atoms with Gasteiger partial charge in [-0.15, -0.1) is 0 Å². The summed E-state index contributed by atoms with van der Waals surface area (Å²) in [5.41, 5.74) is 3.79. The number of benzene rings is 2. The van der Waals surface area contributed by atoms with Crippen LogP contribution in [0.3, 0.4) is 0 Å². The Balaban J connectivity index is 1.99. The van der Waals surface area contributed by atoms with Gasteiger partial charge >= 0.3 is 0 Å². The number of nitrogens with zero attached hydrogens (tertiary/aromatic N) is 1. The molecule has 0 aliphatic rings. The topological polar surface area (TPSA) is 23.4 Å². The van der Waals surface area contributed by atoms with E-state index in [1.807, 2.05) is 0 Å². The maximum atomic E-state index is 5.64. The van der Waals surface area contributed by atoms with Gasteiger partial charge in [0.25, 0.3) is 0 Å². The Bertz CT molecular complexity index is 741. The molecule has 114 valence electrons. The molecular formula is C17H19BBrNO2. The molecule has 3 aromatic rings. The molecule has 0 spiro atoms. The highest BCUT2D eigenvalue weighted by molar-refractivity contribution is 9.10. The summed E-state index contributed by atoms with van der Waals surface area (Å²) in [6, 6.07) is 13.1. The molecule has 1 heterocycles. The normalized spacial score (nSPS) is 11.5. The van der Waals surface area contributed by atoms with Gasteiger partial charge in [0.2, 0.25) is 0 Å². The molecule has 0 saturated heterocycles. The zero-order chi connectivity index (χ0) is 15.5. The molecule has 0 fully saturated rings. The zero-order valence-electron chi connectivity index (χ0n) is 12.9. The lowest BCUT2D eigenvalue weighted by Crippen LogP contribution is -2.09. The molecule has 0 atom stereocenters. The Morgan fingerprint density at radius 2 is 1.73 bits per heavy atom. The van der Waals surface area contributed by atoms with Gasteiger partial charge in [0.1, 0.15) is 7.85 Å². The van der Waals surface area contributed by atoms with Crippen molar-refractivity contribution in [3.05, 3.63) is 40.9 Å². The van der Waals surface area contributed by atoms with Gasteiger partial charge in [-0.25, -0.2) is 0 Å². The fraction of sp³-hybridized carbons (Fsp3) is 0.294. The van der Waals surface area contributed by atoms with Crippen molar-refractivity contribution < 1.29 is 9.47 Å². The van der Waals surface area contributed by atoms with Crippen LogP contribution in [0.4, 0.5) is 0 Å². The first kappa shape index (κ1) is 15.6. The molecule has 0 radical (unpaired) electrons. The third-order valence-corrected chi connectivity index (χ3v) is 4.37. The van der Waals surface area contributed by atoms with Crippen LogP contribution in [0.2, 0.25) is 0 Å². The Morgan fingerprint density at radius 3 is 2.50 bits per heavy atom. The van der Waals surface area contributed by atoms with Crippen LogP contribution in [0.15, 0.2) is 40.9 Å². The zero-order valence-corrected chi connectivity index (χ0v) is 14.5. The SMILES string of the molecule is Bc1ccc2c(c1)c1cc(Br)ccc1n2CCOCCOC. The highest BCUT2D eigenvalue weighted by Crippen LogP contribution is 2.30. The number of methoxy groups -OCH3 is 1. The summed E-state index contributed by atoms with van der Waals surface area (Å²) in [4.78, 5) is 0. The Morgan fingerprint density at radius 1 is 1.00 bits per heavy atom. The smallest absolute Gasteiger partial charge is 0.139 e. The van der Waals surface area contributed by atoms with Gasteiger partial charge in [0.15, 0.2) is 0 Å². The van der Waals surface area contributed by atoms with E-state index >= 15 is 0 Å². The molecule has 0 aliphatic carbocycles. The number of hydrogen-bond acceptors (Lipinski definition) is 2. The Labute approximate surface area is 139 Å². The minimum Gasteiger partial charge on any atom is -0.382 e. The summed E-state index contributed by atoms with van der Waals surface area (Å²) < 4.78 is 14.1. The van der Waals surface area contributed by atoms with Crippen LogP contribution >= 0.6 is 15.9 Å². The van der Waals surface area contributed by atoms with Gasteiger partial charge in [-0.2, -0.15) is 0 Å². The molecule has 2 aromatic carbocycles. The molecule has 0 aliphatic heterocycles. The van der Waals surface area contributed by atoms with E-state index in [9.17, 15) is 0 Å². The second-order valence-corrected chi connectivity index (χ2v) is 6.35. The fourth-order valence-corrected chi connectivity index (χ4v) is 3.19. The molecule has 0 saturated carbocycles. The minimum absolute atomic E-state index is 0.637. The van der Waals surface area contributed by atoms with Crippen LogP contribution < -0.4 is 5.46 Å². The Kier molecular flexibility index (Phi) is 4.86. The number of ether oxygens (including phenoxy) is 2. The summed E-state index contributed by atoms with van der Waals surface area (Å²) in [7, 11) is 3.82. The third kappa shape index (κ3) is 3.07. The van der Waals surface area contributed by atoms with Gasteiger partial charge in [-0.3, -0.25) is 0 Å². The van der Waals surface area contributed by atoms with Crippen LogP contribution in [0.5, 0.6) is 0 Å². The van der Waals surface area contributed by atoms with Crippen LogP contribution in [0, 0.1) is 0 Å². The van der Waals surface area contributed by atoms with Gasteiger partial charge in [-0.05, 0) is 24.3 Å². The molecule has 0 N–H and O–H groups in total. The van der Waals surface area contributed by atoms with Crippen molar-refractivity contribution in [3.8, 4) is 0 Å². The molecule has 1 aromatic heterocycles. The van der Waals surface area contributed by atoms with Crippen molar-refractivity contribution >= 4 is 51.0 Å². The van der Waals surface area contributed by atoms with Crippen molar-refractivity contribution in [1.82, 2.24) is 4.57 Å². The molecule has 5 heteroatoms. The summed E-state index contributed by atoms with van der Waals surface area (Å²) in [5.74, 6) is 0. The first-order valence-electron chi connectivity index (χ1n) is 7.45. The van der Waals surface area contributed by atoms with Crippen molar-refractivity contribution in [2.75, 3.05) is 26.9 Å². The van der Waals surface area contributed by atoms with E-state index in [0.29, 0.717) is 19.8 Å². The lowest BCUT2D eigenvalue weighted by Gasteiger charge is -2.08. The van der Waals surface area contributed by atoms with Gasteiger partial charge < -0.3 is 14.0 Å². The minimum atomic E-state index is 0.637. The standard InChI is InChI=1S/C17H19BBrNO2/c1-21-8-9-22-7-6-20-16-4-2-12(18)10-14(16)15-11-13(19)3-5-17(15)20/h2-5,10-11H,6-9,18H2,1H3. The number of fused-ring (bicyclic) bond motifs is 3. The summed E-state index contributed by atoms with van der Waals surface area (Å²) in [6.45, 7) is 2.80. The summed E-state index contributed by atoms with van der Waals surface area (Å²) in [5, 5.41) is 2.58. The predicted octanol–water partition coefficient (Wildman–Crippen LogP) is 2.48. The third-order valence-electron chi connectivity index (χ3n) is 3.87. The molecule has 0 bridgehead atoms. The van der Waals surface area contributed by atoms with Crippen molar-refractivity contribution in [2.45, 2.75) is 6.54 Å². The molecule has 0 unspecified atom stereocenters. The molecule has 3 rings (SSSR count). The van der Waals surface area contributed by atoms with Crippen LogP contribution in [0.25, 0.3) is 21.8 Å². The highest BCUT2D eigenvalue weighted by atomic mass is 79.9. The van der Waals surface area contributed by atoms with E-state index in [1.54, 1.807) is 7.11 Å². The second kappa shape index (κ2) is 6.86. The molecule has 0 amide bonds. The largest absolute Gasteiger partial charge is 0.382 e. The van der Waals surface area contributed by atoms with Crippen molar-refractivity contribution in [3.63, 3.8) is 0 Å². The molecular weight excluding hydrogens is 341 g/mol. The summed E-state index contributed by atoms with van der Waals surface area (Å²) >= 11 is 3.58. The maximum absolute atomic E-state index is 5.64. The number of hydrogen-bond donors (Lipinski definition) is 0. The number of aromatic nitrogens is 1. The highest BCUT2D eigenvalue weighted by Gasteiger charge is 2.10. The lowest BCUT2D eigenvalue weighted by molar-refractivity contribution is 0.0673. The monoisotopic (exact) mass is 359 g/mol.